The molecule has 1 saturated carbocycles. The summed E-state index contributed by atoms with van der Waals surface area (Å²) in [5.41, 5.74) is 4.48. The van der Waals surface area contributed by atoms with Crippen LogP contribution in [0.3, 0.4) is 0 Å². The third-order valence-electron chi connectivity index (χ3n) is 5.10. The maximum Gasteiger partial charge on any atom is 0.263 e. The molecular weight excluding hydrogens is 340 g/mol. The lowest BCUT2D eigenvalue weighted by atomic mass is 9.95. The number of aromatic nitrogens is 1. The minimum atomic E-state index is 0.0597. The molecule has 1 aliphatic rings. The number of rotatable bonds is 4. The van der Waals surface area contributed by atoms with Crippen LogP contribution in [-0.2, 0) is 0 Å². The molecule has 0 radical (unpaired) electrons. The fraction of sp³-hybridized carbons (Fsp3) is 0.318. The minimum absolute atomic E-state index is 0.0597. The highest BCUT2D eigenvalue weighted by Gasteiger charge is 2.23. The van der Waals surface area contributed by atoms with E-state index in [0.717, 1.165) is 34.5 Å². The van der Waals surface area contributed by atoms with Gasteiger partial charge >= 0.3 is 0 Å². The van der Waals surface area contributed by atoms with Gasteiger partial charge in [0.25, 0.3) is 5.91 Å². The second kappa shape index (κ2) is 7.50. The first-order valence-electron chi connectivity index (χ1n) is 9.35. The molecule has 1 amide bonds. The summed E-state index contributed by atoms with van der Waals surface area (Å²) in [7, 11) is 0. The fourth-order valence-electron chi connectivity index (χ4n) is 3.77. The first-order chi connectivity index (χ1) is 12.7. The summed E-state index contributed by atoms with van der Waals surface area (Å²) in [5, 5.41) is 5.38. The van der Waals surface area contributed by atoms with Gasteiger partial charge in [-0.1, -0.05) is 49.1 Å². The number of nitrogens with one attached hydrogen (secondary N) is 1. The quantitative estimate of drug-likeness (QED) is 0.644. The first kappa shape index (κ1) is 17.1. The Morgan fingerprint density at radius 1 is 1.12 bits per heavy atom. The Kier molecular flexibility index (Phi) is 4.93. The molecule has 4 heteroatoms. The van der Waals surface area contributed by atoms with E-state index >= 15 is 0 Å². The van der Waals surface area contributed by atoms with Crippen LogP contribution in [0.25, 0.3) is 16.8 Å². The van der Waals surface area contributed by atoms with E-state index in [1.165, 1.54) is 36.2 Å². The van der Waals surface area contributed by atoms with Crippen LogP contribution < -0.4 is 5.32 Å². The fourth-order valence-corrected chi connectivity index (χ4v) is 4.74. The van der Waals surface area contributed by atoms with E-state index in [-0.39, 0.29) is 5.91 Å². The van der Waals surface area contributed by atoms with Crippen LogP contribution >= 0.6 is 11.3 Å². The van der Waals surface area contributed by atoms with Crippen LogP contribution in [0, 0.1) is 6.92 Å². The Morgan fingerprint density at radius 3 is 2.62 bits per heavy atom. The lowest BCUT2D eigenvalue weighted by Crippen LogP contribution is -2.36. The molecule has 1 aliphatic carbocycles. The second-order valence-corrected chi connectivity index (χ2v) is 7.97. The summed E-state index contributed by atoms with van der Waals surface area (Å²) in [4.78, 5) is 13.8. The molecular formula is C22H24N2OS. The average Bonchev–Trinajstić information content (AvgIpc) is 3.32. The maximum absolute atomic E-state index is 13.0. The van der Waals surface area contributed by atoms with Gasteiger partial charge in [-0.2, -0.15) is 0 Å². The number of thiophene rings is 1. The van der Waals surface area contributed by atoms with E-state index in [2.05, 4.69) is 46.5 Å². The van der Waals surface area contributed by atoms with E-state index in [1.54, 1.807) is 0 Å². The predicted octanol–water partition coefficient (Wildman–Crippen LogP) is 5.58. The molecule has 134 valence electrons. The van der Waals surface area contributed by atoms with Crippen molar-refractivity contribution in [3.8, 4) is 16.8 Å². The third-order valence-corrected chi connectivity index (χ3v) is 6.07. The lowest BCUT2D eigenvalue weighted by Gasteiger charge is -2.22. The number of benzene rings is 1. The Hall–Kier alpha value is -2.33. The topological polar surface area (TPSA) is 34.0 Å². The number of nitrogens with zero attached hydrogens (tertiary/aromatic N) is 1. The predicted molar refractivity (Wildman–Crippen MR) is 108 cm³/mol. The SMILES string of the molecule is Cc1cccc(-c2csc(C(=O)NC3CCCCC3)c2-n2cccc2)c1. The van der Waals surface area contributed by atoms with E-state index in [4.69, 9.17) is 0 Å². The zero-order chi connectivity index (χ0) is 17.9. The van der Waals surface area contributed by atoms with E-state index < -0.39 is 0 Å². The molecule has 3 nitrogen and oxygen atoms in total. The van der Waals surface area contributed by atoms with Crippen molar-refractivity contribution in [2.75, 3.05) is 0 Å². The van der Waals surface area contributed by atoms with Crippen LogP contribution in [0.5, 0.6) is 0 Å². The highest BCUT2D eigenvalue weighted by molar-refractivity contribution is 7.13. The van der Waals surface area contributed by atoms with Crippen molar-refractivity contribution in [1.29, 1.82) is 0 Å². The van der Waals surface area contributed by atoms with Gasteiger partial charge in [0.2, 0.25) is 0 Å². The molecule has 3 aromatic rings. The van der Waals surface area contributed by atoms with E-state index in [0.29, 0.717) is 6.04 Å². The smallest absolute Gasteiger partial charge is 0.263 e. The van der Waals surface area contributed by atoms with Crippen LogP contribution in [0.15, 0.2) is 54.2 Å². The number of hydrogen-bond acceptors (Lipinski definition) is 2. The van der Waals surface area contributed by atoms with Crippen molar-refractivity contribution in [1.82, 2.24) is 9.88 Å². The van der Waals surface area contributed by atoms with Gasteiger partial charge in [-0.05, 0) is 37.5 Å². The first-order valence-corrected chi connectivity index (χ1v) is 10.2. The molecule has 0 unspecified atom stereocenters. The van der Waals surface area contributed by atoms with Crippen LogP contribution in [0.1, 0.15) is 47.3 Å². The largest absolute Gasteiger partial charge is 0.349 e. The Morgan fingerprint density at radius 2 is 1.88 bits per heavy atom. The molecule has 1 N–H and O–H groups in total. The molecule has 0 atom stereocenters. The van der Waals surface area contributed by atoms with Crippen molar-refractivity contribution in [2.45, 2.75) is 45.1 Å². The molecule has 1 fully saturated rings. The maximum atomic E-state index is 13.0. The summed E-state index contributed by atoms with van der Waals surface area (Å²) < 4.78 is 2.06. The number of amides is 1. The zero-order valence-electron chi connectivity index (χ0n) is 15.1. The van der Waals surface area contributed by atoms with Gasteiger partial charge in [0.15, 0.2) is 0 Å². The summed E-state index contributed by atoms with van der Waals surface area (Å²) in [6.07, 6.45) is 9.94. The van der Waals surface area contributed by atoms with Gasteiger partial charge < -0.3 is 9.88 Å². The van der Waals surface area contributed by atoms with Crippen molar-refractivity contribution >= 4 is 17.2 Å². The van der Waals surface area contributed by atoms with Gasteiger partial charge in [0.1, 0.15) is 4.88 Å². The molecule has 26 heavy (non-hydrogen) atoms. The number of carbonyl (C=O) groups is 1. The lowest BCUT2D eigenvalue weighted by molar-refractivity contribution is 0.0932. The number of carbonyl (C=O) groups excluding carboxylic acids is 1. The summed E-state index contributed by atoms with van der Waals surface area (Å²) >= 11 is 1.54. The summed E-state index contributed by atoms with van der Waals surface area (Å²) in [5.74, 6) is 0.0597. The summed E-state index contributed by atoms with van der Waals surface area (Å²) in [6, 6.07) is 12.8. The van der Waals surface area contributed by atoms with Crippen LogP contribution in [-0.4, -0.2) is 16.5 Å². The number of hydrogen-bond donors (Lipinski definition) is 1. The van der Waals surface area contributed by atoms with Gasteiger partial charge in [0, 0.05) is 29.4 Å². The molecule has 0 bridgehead atoms. The van der Waals surface area contributed by atoms with Crippen LogP contribution in [0.4, 0.5) is 0 Å². The van der Waals surface area contributed by atoms with Crippen LogP contribution in [0.2, 0.25) is 0 Å². The van der Waals surface area contributed by atoms with Crippen molar-refractivity contribution < 1.29 is 4.79 Å². The van der Waals surface area contributed by atoms with Gasteiger partial charge in [-0.25, -0.2) is 0 Å². The van der Waals surface area contributed by atoms with Gasteiger partial charge in [-0.15, -0.1) is 11.3 Å². The highest BCUT2D eigenvalue weighted by atomic mass is 32.1. The average molecular weight is 365 g/mol. The third kappa shape index (κ3) is 3.47. The Balaban J connectivity index is 1.72. The Labute approximate surface area is 158 Å². The normalized spacial score (nSPS) is 15.1. The van der Waals surface area contributed by atoms with Crippen molar-refractivity contribution in [3.63, 3.8) is 0 Å². The Bertz CT molecular complexity index is 889. The van der Waals surface area contributed by atoms with E-state index in [9.17, 15) is 4.79 Å². The molecule has 1 aromatic carbocycles. The second-order valence-electron chi connectivity index (χ2n) is 7.10. The molecule has 2 aromatic heterocycles. The minimum Gasteiger partial charge on any atom is -0.349 e. The van der Waals surface area contributed by atoms with Gasteiger partial charge in [-0.3, -0.25) is 4.79 Å². The van der Waals surface area contributed by atoms with E-state index in [1.807, 2.05) is 24.5 Å². The van der Waals surface area contributed by atoms with Crippen molar-refractivity contribution in [3.05, 3.63) is 64.6 Å². The monoisotopic (exact) mass is 364 g/mol. The molecule has 0 saturated heterocycles. The highest BCUT2D eigenvalue weighted by Crippen LogP contribution is 2.35. The van der Waals surface area contributed by atoms with Crippen molar-refractivity contribution in [2.24, 2.45) is 0 Å². The molecule has 0 aliphatic heterocycles. The molecule has 4 rings (SSSR count). The standard InChI is InChI=1S/C22H24N2OS/c1-16-8-7-9-17(14-16)19-15-26-21(20(19)24-12-5-6-13-24)22(25)23-18-10-3-2-4-11-18/h5-9,12-15,18H,2-4,10-11H2,1H3,(H,23,25). The van der Waals surface area contributed by atoms with Gasteiger partial charge in [0.05, 0.1) is 5.69 Å². The number of aryl methyl sites for hydroxylation is 1. The zero-order valence-corrected chi connectivity index (χ0v) is 15.9. The molecule has 2 heterocycles. The summed E-state index contributed by atoms with van der Waals surface area (Å²) in [6.45, 7) is 2.10. The molecule has 0 spiro atoms.